The van der Waals surface area contributed by atoms with Gasteiger partial charge in [-0.05, 0) is 16.6 Å². The molecule has 2 atom stereocenters. The number of ether oxygens (including phenoxy) is 2. The third-order valence-corrected chi connectivity index (χ3v) is 3.46. The average Bonchev–Trinajstić information content (AvgIpc) is 2.37. The maximum atomic E-state index is 11.3. The van der Waals surface area contributed by atoms with Crippen LogP contribution in [0.1, 0.15) is 13.3 Å². The van der Waals surface area contributed by atoms with Gasteiger partial charge in [0.05, 0.1) is 30.8 Å². The maximum Gasteiger partial charge on any atom is 0.372 e. The zero-order valence-electron chi connectivity index (χ0n) is 10.4. The van der Waals surface area contributed by atoms with Crippen molar-refractivity contribution in [3.63, 3.8) is 0 Å². The van der Waals surface area contributed by atoms with E-state index in [4.69, 9.17) is 8.92 Å². The summed E-state index contributed by atoms with van der Waals surface area (Å²) in [6.07, 6.45) is 4.21. The molecule has 0 heterocycles. The Morgan fingerprint density at radius 2 is 2.11 bits per heavy atom. The van der Waals surface area contributed by atoms with Gasteiger partial charge in [-0.15, -0.1) is 0 Å². The molecule has 0 spiro atoms. The molecule has 0 fully saturated rings. The van der Waals surface area contributed by atoms with Gasteiger partial charge in [0.1, 0.15) is 0 Å². The van der Waals surface area contributed by atoms with Crippen LogP contribution in [0.2, 0.25) is 0 Å². The van der Waals surface area contributed by atoms with Crippen LogP contribution >= 0.6 is 47.9 Å². The number of halogens is 2. The van der Waals surface area contributed by atoms with Gasteiger partial charge in [-0.25, -0.2) is 4.79 Å². The van der Waals surface area contributed by atoms with Crippen molar-refractivity contribution in [1.82, 2.24) is 0 Å². The first kappa shape index (κ1) is 18.3. The molecule has 104 valence electrons. The van der Waals surface area contributed by atoms with Crippen LogP contribution in [0.3, 0.4) is 0 Å². The van der Waals surface area contributed by atoms with Crippen molar-refractivity contribution in [2.75, 3.05) is 14.2 Å². The Bertz CT molecular complexity index is 309. The number of rotatable bonds is 8. The SMILES string of the molecule is COC(=O)/C(=C\C[C@H](OSBr)[C@@H](C)/C=C\I)OC. The quantitative estimate of drug-likeness (QED) is 0.184. The van der Waals surface area contributed by atoms with Gasteiger partial charge >= 0.3 is 5.97 Å². The minimum atomic E-state index is -0.486. The van der Waals surface area contributed by atoms with Crippen molar-refractivity contribution in [2.45, 2.75) is 19.4 Å². The Hall–Kier alpha value is 0.270. The van der Waals surface area contributed by atoms with Gasteiger partial charge in [0.25, 0.3) is 0 Å². The average molecular weight is 451 g/mol. The monoisotopic (exact) mass is 450 g/mol. The summed E-state index contributed by atoms with van der Waals surface area (Å²) >= 11 is 5.32. The van der Waals surface area contributed by atoms with Gasteiger partial charge in [0, 0.05) is 20.7 Å². The van der Waals surface area contributed by atoms with E-state index in [1.165, 1.54) is 14.2 Å². The van der Waals surface area contributed by atoms with Gasteiger partial charge < -0.3 is 13.7 Å². The topological polar surface area (TPSA) is 44.8 Å². The first-order valence-electron chi connectivity index (χ1n) is 5.14. The summed E-state index contributed by atoms with van der Waals surface area (Å²) in [6.45, 7) is 2.04. The summed E-state index contributed by atoms with van der Waals surface area (Å²) in [6, 6.07) is 0. The van der Waals surface area contributed by atoms with E-state index < -0.39 is 5.97 Å². The molecule has 7 heteroatoms. The van der Waals surface area contributed by atoms with Crippen molar-refractivity contribution in [1.29, 1.82) is 0 Å². The summed E-state index contributed by atoms with van der Waals surface area (Å²) in [5.74, 6) is -0.0740. The fraction of sp³-hybridized carbons (Fsp3) is 0.545. The van der Waals surface area contributed by atoms with Gasteiger partial charge in [-0.2, -0.15) is 0 Å². The molecular formula is C11H16BrIO4S. The standard InChI is InChI=1S/C11H16BrIO4S/c1-8(6-7-13)9(17-18-12)4-5-10(15-2)11(14)16-3/h5-9H,4H2,1-3H3/b7-6-,10-5+/t8-,9-/m0/s1. The molecular weight excluding hydrogens is 435 g/mol. The molecule has 0 unspecified atom stereocenters. The molecule has 0 aromatic carbocycles. The molecule has 0 aromatic rings. The summed E-state index contributed by atoms with van der Waals surface area (Å²) in [7, 11) is 3.88. The Balaban J connectivity index is 4.66. The highest BCUT2D eigenvalue weighted by molar-refractivity contribution is 14.1. The molecule has 0 amide bonds. The van der Waals surface area contributed by atoms with Crippen molar-refractivity contribution < 1.29 is 18.5 Å². The highest BCUT2D eigenvalue weighted by Gasteiger charge is 2.17. The van der Waals surface area contributed by atoms with Gasteiger partial charge in [-0.3, -0.25) is 0 Å². The summed E-state index contributed by atoms with van der Waals surface area (Å²) in [5.41, 5.74) is 0. The predicted molar refractivity (Wildman–Crippen MR) is 85.4 cm³/mol. The molecule has 0 bridgehead atoms. The van der Waals surface area contributed by atoms with Crippen LogP contribution in [-0.4, -0.2) is 26.3 Å². The molecule has 0 saturated heterocycles. The minimum Gasteiger partial charge on any atom is -0.490 e. The van der Waals surface area contributed by atoms with E-state index in [0.29, 0.717) is 6.42 Å². The normalized spacial score (nSPS) is 15.5. The van der Waals surface area contributed by atoms with Crippen LogP contribution in [0, 0.1) is 5.92 Å². The largest absolute Gasteiger partial charge is 0.490 e. The smallest absolute Gasteiger partial charge is 0.372 e. The minimum absolute atomic E-state index is 0.0600. The van der Waals surface area contributed by atoms with E-state index in [1.807, 2.05) is 17.1 Å². The van der Waals surface area contributed by atoms with E-state index in [-0.39, 0.29) is 17.8 Å². The van der Waals surface area contributed by atoms with Crippen LogP contribution in [0.5, 0.6) is 0 Å². The molecule has 0 rings (SSSR count). The van der Waals surface area contributed by atoms with Crippen LogP contribution < -0.4 is 0 Å². The molecule has 0 saturated carbocycles. The van der Waals surface area contributed by atoms with E-state index in [2.05, 4.69) is 42.1 Å². The van der Waals surface area contributed by atoms with Crippen LogP contribution in [0.4, 0.5) is 0 Å². The third-order valence-electron chi connectivity index (χ3n) is 2.26. The van der Waals surface area contributed by atoms with Gasteiger partial charge in [0.15, 0.2) is 5.76 Å². The lowest BCUT2D eigenvalue weighted by atomic mass is 10.0. The summed E-state index contributed by atoms with van der Waals surface area (Å²) in [5, 5.41) is 0. The highest BCUT2D eigenvalue weighted by Crippen LogP contribution is 2.24. The Kier molecular flexibility index (Phi) is 11.3. The Morgan fingerprint density at radius 1 is 1.44 bits per heavy atom. The lowest BCUT2D eigenvalue weighted by Crippen LogP contribution is -2.17. The van der Waals surface area contributed by atoms with Gasteiger partial charge in [0.2, 0.25) is 0 Å². The van der Waals surface area contributed by atoms with E-state index >= 15 is 0 Å². The van der Waals surface area contributed by atoms with E-state index in [0.717, 1.165) is 10.5 Å². The second-order valence-corrected chi connectivity index (χ2v) is 5.21. The first-order chi connectivity index (χ1) is 8.60. The summed E-state index contributed by atoms with van der Waals surface area (Å²) in [4.78, 5) is 11.3. The van der Waals surface area contributed by atoms with Crippen LogP contribution in [0.15, 0.2) is 22.0 Å². The maximum absolute atomic E-state index is 11.3. The lowest BCUT2D eigenvalue weighted by Gasteiger charge is -2.18. The van der Waals surface area contributed by atoms with Gasteiger partial charge in [-0.1, -0.05) is 35.6 Å². The van der Waals surface area contributed by atoms with Crippen LogP contribution in [-0.2, 0) is 18.5 Å². The second-order valence-electron chi connectivity index (χ2n) is 3.38. The van der Waals surface area contributed by atoms with Crippen LogP contribution in [0.25, 0.3) is 0 Å². The number of methoxy groups -OCH3 is 2. The van der Waals surface area contributed by atoms with Crippen molar-refractivity contribution in [3.8, 4) is 0 Å². The van der Waals surface area contributed by atoms with E-state index in [9.17, 15) is 4.79 Å². The molecule has 0 aliphatic heterocycles. The predicted octanol–water partition coefficient (Wildman–Crippen LogP) is 4.01. The fourth-order valence-electron chi connectivity index (χ4n) is 1.20. The number of hydrogen-bond acceptors (Lipinski definition) is 5. The number of esters is 1. The molecule has 0 aliphatic carbocycles. The first-order valence-corrected chi connectivity index (χ1v) is 8.97. The zero-order valence-corrected chi connectivity index (χ0v) is 15.0. The number of carbonyl (C=O) groups excluding carboxylic acids is 1. The Morgan fingerprint density at radius 3 is 2.56 bits per heavy atom. The molecule has 18 heavy (non-hydrogen) atoms. The lowest BCUT2D eigenvalue weighted by molar-refractivity contribution is -0.139. The fourth-order valence-corrected chi connectivity index (χ4v) is 2.79. The molecule has 0 radical (unpaired) electrons. The van der Waals surface area contributed by atoms with E-state index in [1.54, 1.807) is 6.08 Å². The second kappa shape index (κ2) is 11.1. The van der Waals surface area contributed by atoms with Crippen molar-refractivity contribution >= 4 is 53.8 Å². The number of carbonyl (C=O) groups is 1. The molecule has 4 nitrogen and oxygen atoms in total. The zero-order chi connectivity index (χ0) is 14.0. The van der Waals surface area contributed by atoms with Crippen molar-refractivity contribution in [2.24, 2.45) is 5.92 Å². The Labute approximate surface area is 133 Å². The molecule has 0 aromatic heterocycles. The molecule has 0 aliphatic rings. The number of hydrogen-bond donors (Lipinski definition) is 0. The molecule has 0 N–H and O–H groups in total. The third kappa shape index (κ3) is 7.01. The highest BCUT2D eigenvalue weighted by atomic mass is 127. The van der Waals surface area contributed by atoms with Crippen molar-refractivity contribution in [3.05, 3.63) is 22.0 Å². The summed E-state index contributed by atoms with van der Waals surface area (Å²) < 4.78 is 17.0.